The van der Waals surface area contributed by atoms with Gasteiger partial charge in [-0.3, -0.25) is 14.6 Å². The SMILES string of the molecule is Nc1nc2c(c(=O)[nH]1)N1CN(c3ccc(C(=O)N[C@@H](CCC(=O)[O-])C(=O)[O-])cc3)CC1CN2. The van der Waals surface area contributed by atoms with Crippen molar-refractivity contribution >= 4 is 41.0 Å². The summed E-state index contributed by atoms with van der Waals surface area (Å²) in [6.07, 6.45) is -0.859. The minimum absolute atomic E-state index is 0.0274. The number of anilines is 4. The molecule has 5 N–H and O–H groups in total. The van der Waals surface area contributed by atoms with Crippen molar-refractivity contribution in [2.24, 2.45) is 0 Å². The number of hydrogen-bond donors (Lipinski definition) is 4. The van der Waals surface area contributed by atoms with Crippen molar-refractivity contribution in [2.75, 3.05) is 40.6 Å². The molecule has 0 spiro atoms. The molecule has 0 bridgehead atoms. The van der Waals surface area contributed by atoms with Gasteiger partial charge < -0.3 is 46.0 Å². The zero-order valence-corrected chi connectivity index (χ0v) is 17.4. The van der Waals surface area contributed by atoms with Gasteiger partial charge in [-0.25, -0.2) is 0 Å². The molecular weight excluding hydrogens is 434 g/mol. The topological polar surface area (TPSA) is 200 Å². The van der Waals surface area contributed by atoms with Crippen LogP contribution in [0.4, 0.5) is 23.1 Å². The van der Waals surface area contributed by atoms with Crippen LogP contribution in [0.15, 0.2) is 29.1 Å². The lowest BCUT2D eigenvalue weighted by Crippen LogP contribution is -2.48. The number of hydrogen-bond acceptors (Lipinski definition) is 11. The maximum atomic E-state index is 12.4. The van der Waals surface area contributed by atoms with Gasteiger partial charge in [-0.15, -0.1) is 0 Å². The number of benzene rings is 1. The van der Waals surface area contributed by atoms with Crippen molar-refractivity contribution in [3.8, 4) is 0 Å². The van der Waals surface area contributed by atoms with E-state index in [1.165, 1.54) is 12.1 Å². The molecule has 2 aliphatic rings. The Balaban J connectivity index is 1.45. The van der Waals surface area contributed by atoms with E-state index < -0.39 is 30.3 Å². The number of aromatic amines is 1. The third kappa shape index (κ3) is 4.51. The average molecular weight is 455 g/mol. The molecule has 2 aliphatic heterocycles. The molecule has 1 saturated heterocycles. The number of nitrogens with one attached hydrogen (secondary N) is 3. The number of rotatable bonds is 7. The van der Waals surface area contributed by atoms with Crippen LogP contribution in [0.3, 0.4) is 0 Å². The number of carboxylic acid groups (broad SMARTS) is 2. The number of carbonyl (C=O) groups is 3. The van der Waals surface area contributed by atoms with Crippen LogP contribution in [-0.4, -0.2) is 59.7 Å². The molecule has 1 aromatic carbocycles. The van der Waals surface area contributed by atoms with E-state index in [1.54, 1.807) is 12.1 Å². The van der Waals surface area contributed by atoms with Crippen molar-refractivity contribution in [1.29, 1.82) is 0 Å². The first kappa shape index (κ1) is 21.9. The zero-order chi connectivity index (χ0) is 23.7. The largest absolute Gasteiger partial charge is 0.550 e. The molecule has 0 aliphatic carbocycles. The van der Waals surface area contributed by atoms with Gasteiger partial charge in [0.15, 0.2) is 5.82 Å². The molecule has 1 amide bonds. The van der Waals surface area contributed by atoms with Crippen LogP contribution in [0.1, 0.15) is 23.2 Å². The summed E-state index contributed by atoms with van der Waals surface area (Å²) in [5.41, 5.74) is 6.72. The molecule has 0 radical (unpaired) electrons. The first-order valence-electron chi connectivity index (χ1n) is 10.2. The summed E-state index contributed by atoms with van der Waals surface area (Å²) in [6.45, 7) is 1.63. The van der Waals surface area contributed by atoms with Crippen LogP contribution >= 0.6 is 0 Å². The van der Waals surface area contributed by atoms with Crippen molar-refractivity contribution in [3.63, 3.8) is 0 Å². The molecule has 1 unspecified atom stereocenters. The van der Waals surface area contributed by atoms with Crippen LogP contribution in [0.25, 0.3) is 0 Å². The third-order valence-corrected chi connectivity index (χ3v) is 5.62. The van der Waals surface area contributed by atoms with Gasteiger partial charge in [0.2, 0.25) is 5.95 Å². The van der Waals surface area contributed by atoms with Gasteiger partial charge in [0.1, 0.15) is 5.69 Å². The second-order valence-electron chi connectivity index (χ2n) is 7.82. The number of H-pyrrole nitrogens is 1. The lowest BCUT2D eigenvalue weighted by atomic mass is 10.1. The third-order valence-electron chi connectivity index (χ3n) is 5.62. The van der Waals surface area contributed by atoms with Gasteiger partial charge in [0.05, 0.1) is 24.7 Å². The van der Waals surface area contributed by atoms with Gasteiger partial charge in [0.25, 0.3) is 11.5 Å². The Labute approximate surface area is 187 Å². The fourth-order valence-electron chi connectivity index (χ4n) is 3.99. The van der Waals surface area contributed by atoms with Gasteiger partial charge in [-0.05, 0) is 37.1 Å². The molecule has 2 aromatic rings. The Hall–Kier alpha value is -4.29. The number of carbonyl (C=O) groups excluding carboxylic acids is 3. The molecular formula is C20H21N7O6-2. The summed E-state index contributed by atoms with van der Waals surface area (Å²) in [5.74, 6) is -3.19. The maximum absolute atomic E-state index is 12.4. The van der Waals surface area contributed by atoms with Crippen LogP contribution in [0.5, 0.6) is 0 Å². The molecule has 1 fully saturated rings. The second kappa shape index (κ2) is 8.68. The van der Waals surface area contributed by atoms with Gasteiger partial charge in [-0.1, -0.05) is 0 Å². The first-order valence-corrected chi connectivity index (χ1v) is 10.2. The fraction of sp³-hybridized carbons (Fsp3) is 0.350. The standard InChI is InChI=1S/C20H23N7O6/c21-20-24-16-15(18(31)25-20)27-9-26(8-12(27)7-22-16)11-3-1-10(2-4-11)17(30)23-13(19(32)33)5-6-14(28)29/h1-4,12-13H,5-9H2,(H,23,30)(H,28,29)(H,32,33)(H4,21,22,24,25,31)/p-2/t12?,13-/m0/s1. The van der Waals surface area contributed by atoms with E-state index in [2.05, 4.69) is 20.6 Å². The lowest BCUT2D eigenvalue weighted by molar-refractivity contribution is -0.309. The first-order chi connectivity index (χ1) is 15.7. The molecule has 174 valence electrons. The Morgan fingerprint density at radius 3 is 2.64 bits per heavy atom. The normalized spacial score (nSPS) is 17.5. The number of fused-ring (bicyclic) bond motifs is 3. The van der Waals surface area contributed by atoms with E-state index in [-0.39, 0.29) is 29.5 Å². The monoisotopic (exact) mass is 455 g/mol. The van der Waals surface area contributed by atoms with Crippen molar-refractivity contribution in [3.05, 3.63) is 40.2 Å². The highest BCUT2D eigenvalue weighted by molar-refractivity contribution is 5.96. The van der Waals surface area contributed by atoms with Crippen molar-refractivity contribution in [2.45, 2.75) is 24.9 Å². The lowest BCUT2D eigenvalue weighted by Gasteiger charge is -2.31. The molecule has 1 aromatic heterocycles. The molecule has 0 saturated carbocycles. The molecule has 2 atom stereocenters. The average Bonchev–Trinajstić information content (AvgIpc) is 3.20. The highest BCUT2D eigenvalue weighted by Gasteiger charge is 2.37. The van der Waals surface area contributed by atoms with Gasteiger partial charge in [0, 0.05) is 30.3 Å². The van der Waals surface area contributed by atoms with Crippen LogP contribution in [-0.2, 0) is 9.59 Å². The predicted octanol–water partition coefficient (Wildman–Crippen LogP) is -3.19. The van der Waals surface area contributed by atoms with E-state index in [0.717, 1.165) is 5.69 Å². The maximum Gasteiger partial charge on any atom is 0.278 e. The molecule has 33 heavy (non-hydrogen) atoms. The quantitative estimate of drug-likeness (QED) is 0.328. The Morgan fingerprint density at radius 2 is 1.97 bits per heavy atom. The van der Waals surface area contributed by atoms with Crippen molar-refractivity contribution in [1.82, 2.24) is 15.3 Å². The fourth-order valence-corrected chi connectivity index (χ4v) is 3.99. The number of nitrogens with zero attached hydrogens (tertiary/aromatic N) is 3. The Bertz CT molecular complexity index is 1150. The van der Waals surface area contributed by atoms with E-state index in [0.29, 0.717) is 31.3 Å². The number of nitrogen functional groups attached to an aromatic ring is 1. The second-order valence-corrected chi connectivity index (χ2v) is 7.82. The minimum atomic E-state index is -1.57. The molecule has 13 heteroatoms. The van der Waals surface area contributed by atoms with Crippen molar-refractivity contribution < 1.29 is 24.6 Å². The highest BCUT2D eigenvalue weighted by atomic mass is 16.4. The highest BCUT2D eigenvalue weighted by Crippen LogP contribution is 2.32. The summed E-state index contributed by atoms with van der Waals surface area (Å²) in [7, 11) is 0. The van der Waals surface area contributed by atoms with Gasteiger partial charge >= 0.3 is 0 Å². The number of nitrogens with two attached hydrogens (primary N) is 1. The minimum Gasteiger partial charge on any atom is -0.550 e. The summed E-state index contributed by atoms with van der Waals surface area (Å²) in [5, 5.41) is 27.1. The number of carboxylic acids is 2. The summed E-state index contributed by atoms with van der Waals surface area (Å²) in [6, 6.07) is 5.07. The van der Waals surface area contributed by atoms with Crippen LogP contribution in [0, 0.1) is 0 Å². The zero-order valence-electron chi connectivity index (χ0n) is 17.4. The van der Waals surface area contributed by atoms with Gasteiger partial charge in [-0.2, -0.15) is 4.98 Å². The number of aromatic nitrogens is 2. The molecule has 4 rings (SSSR count). The van der Waals surface area contributed by atoms with E-state index in [1.807, 2.05) is 9.80 Å². The van der Waals surface area contributed by atoms with E-state index >= 15 is 0 Å². The summed E-state index contributed by atoms with van der Waals surface area (Å²) in [4.78, 5) is 57.2. The van der Waals surface area contributed by atoms with Crippen LogP contribution in [0.2, 0.25) is 0 Å². The van der Waals surface area contributed by atoms with Crippen LogP contribution < -0.4 is 41.9 Å². The molecule has 3 heterocycles. The smallest absolute Gasteiger partial charge is 0.278 e. The summed E-state index contributed by atoms with van der Waals surface area (Å²) < 4.78 is 0. The Morgan fingerprint density at radius 1 is 1.24 bits per heavy atom. The predicted molar refractivity (Wildman–Crippen MR) is 113 cm³/mol. The number of aliphatic carboxylic acids is 2. The molecule has 13 nitrogen and oxygen atoms in total. The number of amides is 1. The van der Waals surface area contributed by atoms with E-state index in [4.69, 9.17) is 5.73 Å². The van der Waals surface area contributed by atoms with E-state index in [9.17, 15) is 29.4 Å². The summed E-state index contributed by atoms with van der Waals surface area (Å²) >= 11 is 0. The Kier molecular flexibility index (Phi) is 5.77.